The molecule has 2 heterocycles. The van der Waals surface area contributed by atoms with E-state index < -0.39 is 0 Å². The molecule has 0 saturated heterocycles. The number of thiophene rings is 1. The first kappa shape index (κ1) is 15.1. The molecule has 0 radical (unpaired) electrons. The van der Waals surface area contributed by atoms with E-state index in [-0.39, 0.29) is 0 Å². The Morgan fingerprint density at radius 2 is 2.35 bits per heavy atom. The van der Waals surface area contributed by atoms with Crippen LogP contribution in [0.2, 0.25) is 0 Å². The third-order valence-corrected chi connectivity index (χ3v) is 4.65. The Labute approximate surface area is 132 Å². The molecule has 1 N–H and O–H groups in total. The number of aliphatic imine (C=N–C) groups is 1. The van der Waals surface area contributed by atoms with Gasteiger partial charge in [-0.25, -0.2) is 0 Å². The molecule has 0 aromatic carbocycles. The van der Waals surface area contributed by atoms with E-state index in [0.717, 1.165) is 22.8 Å². The molecular weight excluding hydrogens is 336 g/mol. The van der Waals surface area contributed by atoms with Crippen LogP contribution in [-0.2, 0) is 20.1 Å². The fraction of sp³-hybridized carbons (Fsp3) is 0.357. The zero-order chi connectivity index (χ0) is 14.5. The second-order valence-electron chi connectivity index (χ2n) is 4.63. The summed E-state index contributed by atoms with van der Waals surface area (Å²) in [6.07, 6.45) is 2.06. The summed E-state index contributed by atoms with van der Waals surface area (Å²) in [5.74, 6) is 0.897. The van der Waals surface area contributed by atoms with Gasteiger partial charge >= 0.3 is 0 Å². The standard InChI is InChI=1S/C14H19BrN4S/c1-16-14(17-8-11-7-13(15)20-10-11)19(3)9-12-5-4-6-18(12)2/h4-7,10H,8-9H2,1-3H3,(H,16,17). The molecule has 0 bridgehead atoms. The lowest BCUT2D eigenvalue weighted by Crippen LogP contribution is -2.38. The molecule has 0 aliphatic heterocycles. The van der Waals surface area contributed by atoms with Crippen LogP contribution in [0.3, 0.4) is 0 Å². The topological polar surface area (TPSA) is 32.6 Å². The Bertz CT molecular complexity index is 588. The van der Waals surface area contributed by atoms with Gasteiger partial charge in [0, 0.05) is 39.6 Å². The Morgan fingerprint density at radius 1 is 1.55 bits per heavy atom. The van der Waals surface area contributed by atoms with Crippen molar-refractivity contribution in [1.82, 2.24) is 14.8 Å². The number of hydrogen-bond acceptors (Lipinski definition) is 2. The van der Waals surface area contributed by atoms with Crippen LogP contribution in [0.25, 0.3) is 0 Å². The third-order valence-electron chi connectivity index (χ3n) is 3.10. The summed E-state index contributed by atoms with van der Waals surface area (Å²) in [6, 6.07) is 6.31. The lowest BCUT2D eigenvalue weighted by molar-refractivity contribution is 0.462. The molecule has 0 amide bonds. The van der Waals surface area contributed by atoms with Crippen molar-refractivity contribution in [2.75, 3.05) is 14.1 Å². The molecule has 0 spiro atoms. The highest BCUT2D eigenvalue weighted by Crippen LogP contribution is 2.20. The Kier molecular flexibility index (Phi) is 5.25. The highest BCUT2D eigenvalue weighted by molar-refractivity contribution is 9.11. The van der Waals surface area contributed by atoms with Gasteiger partial charge < -0.3 is 14.8 Å². The van der Waals surface area contributed by atoms with E-state index in [1.807, 2.05) is 14.1 Å². The van der Waals surface area contributed by atoms with E-state index in [9.17, 15) is 0 Å². The van der Waals surface area contributed by atoms with Crippen LogP contribution in [0.1, 0.15) is 11.3 Å². The second-order valence-corrected chi connectivity index (χ2v) is 6.92. The van der Waals surface area contributed by atoms with Crippen molar-refractivity contribution in [2.24, 2.45) is 12.0 Å². The first-order chi connectivity index (χ1) is 9.60. The van der Waals surface area contributed by atoms with Gasteiger partial charge in [0.15, 0.2) is 5.96 Å². The molecular formula is C14H19BrN4S. The first-order valence-electron chi connectivity index (χ1n) is 6.35. The van der Waals surface area contributed by atoms with Crippen LogP contribution in [0.15, 0.2) is 38.6 Å². The Morgan fingerprint density at radius 3 is 2.90 bits per heavy atom. The van der Waals surface area contributed by atoms with Crippen molar-refractivity contribution in [3.63, 3.8) is 0 Å². The minimum atomic E-state index is 0.784. The number of nitrogens with one attached hydrogen (secondary N) is 1. The maximum absolute atomic E-state index is 4.33. The number of hydrogen-bond donors (Lipinski definition) is 1. The lowest BCUT2D eigenvalue weighted by atomic mass is 10.3. The van der Waals surface area contributed by atoms with E-state index in [0.29, 0.717) is 0 Å². The molecule has 6 heteroatoms. The largest absolute Gasteiger partial charge is 0.353 e. The van der Waals surface area contributed by atoms with Gasteiger partial charge in [0.25, 0.3) is 0 Å². The molecule has 4 nitrogen and oxygen atoms in total. The molecule has 0 atom stereocenters. The van der Waals surface area contributed by atoms with Crippen molar-refractivity contribution in [3.8, 4) is 0 Å². The summed E-state index contributed by atoms with van der Waals surface area (Å²) in [5.41, 5.74) is 2.52. The molecule has 0 unspecified atom stereocenters. The summed E-state index contributed by atoms with van der Waals surface area (Å²) in [5, 5.41) is 5.52. The molecule has 2 rings (SSSR count). The number of halogens is 1. The number of aromatic nitrogens is 1. The van der Waals surface area contributed by atoms with Crippen molar-refractivity contribution in [3.05, 3.63) is 44.8 Å². The molecule has 0 saturated carbocycles. The smallest absolute Gasteiger partial charge is 0.194 e. The number of rotatable bonds is 4. The van der Waals surface area contributed by atoms with Crippen LogP contribution in [-0.4, -0.2) is 29.5 Å². The van der Waals surface area contributed by atoms with Gasteiger partial charge in [0.05, 0.1) is 10.3 Å². The van der Waals surface area contributed by atoms with E-state index in [1.54, 1.807) is 11.3 Å². The normalized spacial score (nSPS) is 11.7. The summed E-state index contributed by atoms with van der Waals surface area (Å²) < 4.78 is 3.28. The lowest BCUT2D eigenvalue weighted by Gasteiger charge is -2.22. The van der Waals surface area contributed by atoms with Gasteiger partial charge in [-0.1, -0.05) is 0 Å². The quantitative estimate of drug-likeness (QED) is 0.675. The number of guanidine groups is 1. The van der Waals surface area contributed by atoms with Crippen LogP contribution in [0, 0.1) is 0 Å². The van der Waals surface area contributed by atoms with E-state index in [2.05, 4.69) is 72.5 Å². The van der Waals surface area contributed by atoms with Crippen LogP contribution < -0.4 is 5.32 Å². The van der Waals surface area contributed by atoms with Crippen LogP contribution in [0.4, 0.5) is 0 Å². The zero-order valence-corrected chi connectivity index (χ0v) is 14.3. The fourth-order valence-electron chi connectivity index (χ4n) is 1.98. The van der Waals surface area contributed by atoms with E-state index in [1.165, 1.54) is 11.3 Å². The predicted molar refractivity (Wildman–Crippen MR) is 89.1 cm³/mol. The average Bonchev–Trinajstić information content (AvgIpc) is 3.00. The van der Waals surface area contributed by atoms with Crippen LogP contribution in [0.5, 0.6) is 0 Å². The monoisotopic (exact) mass is 354 g/mol. The van der Waals surface area contributed by atoms with Gasteiger partial charge in [-0.15, -0.1) is 11.3 Å². The summed E-state index contributed by atoms with van der Waals surface area (Å²) in [7, 11) is 5.92. The maximum atomic E-state index is 4.33. The fourth-order valence-corrected chi connectivity index (χ4v) is 3.19. The first-order valence-corrected chi connectivity index (χ1v) is 8.02. The molecule has 0 fully saturated rings. The summed E-state index contributed by atoms with van der Waals surface area (Å²) >= 11 is 5.18. The highest BCUT2D eigenvalue weighted by Gasteiger charge is 2.08. The number of aryl methyl sites for hydroxylation is 1. The highest BCUT2D eigenvalue weighted by atomic mass is 79.9. The molecule has 108 valence electrons. The Balaban J connectivity index is 1.93. The van der Waals surface area contributed by atoms with Crippen LogP contribution >= 0.6 is 27.3 Å². The summed E-state index contributed by atoms with van der Waals surface area (Å²) in [6.45, 7) is 1.61. The SMILES string of the molecule is CN=C(NCc1csc(Br)c1)N(C)Cc1cccn1C. The Hall–Kier alpha value is -1.27. The van der Waals surface area contributed by atoms with Gasteiger partial charge in [-0.05, 0) is 45.1 Å². The van der Waals surface area contributed by atoms with E-state index >= 15 is 0 Å². The second kappa shape index (κ2) is 6.95. The van der Waals surface area contributed by atoms with Crippen molar-refractivity contribution < 1.29 is 0 Å². The van der Waals surface area contributed by atoms with Gasteiger partial charge in [-0.2, -0.15) is 0 Å². The maximum Gasteiger partial charge on any atom is 0.194 e. The van der Waals surface area contributed by atoms with Gasteiger partial charge in [0.1, 0.15) is 0 Å². The third kappa shape index (κ3) is 3.86. The number of nitrogens with zero attached hydrogens (tertiary/aromatic N) is 3. The predicted octanol–water partition coefficient (Wildman–Crippen LogP) is 3.06. The minimum Gasteiger partial charge on any atom is -0.353 e. The summed E-state index contributed by atoms with van der Waals surface area (Å²) in [4.78, 5) is 6.46. The minimum absolute atomic E-state index is 0.784. The van der Waals surface area contributed by atoms with Gasteiger partial charge in [0.2, 0.25) is 0 Å². The molecule has 20 heavy (non-hydrogen) atoms. The average molecular weight is 355 g/mol. The zero-order valence-electron chi connectivity index (χ0n) is 11.9. The molecule has 0 aliphatic rings. The van der Waals surface area contributed by atoms with Gasteiger partial charge in [-0.3, -0.25) is 4.99 Å². The van der Waals surface area contributed by atoms with Crippen molar-refractivity contribution in [1.29, 1.82) is 0 Å². The van der Waals surface area contributed by atoms with Crippen molar-refractivity contribution >= 4 is 33.2 Å². The van der Waals surface area contributed by atoms with Crippen molar-refractivity contribution in [2.45, 2.75) is 13.1 Å². The molecule has 2 aromatic heterocycles. The molecule has 2 aromatic rings. The van der Waals surface area contributed by atoms with E-state index in [4.69, 9.17) is 0 Å². The molecule has 0 aliphatic carbocycles.